The summed E-state index contributed by atoms with van der Waals surface area (Å²) < 4.78 is 5.78. The molecule has 2 aromatic carbocycles. The smallest absolute Gasteiger partial charge is 0.306 e. The molecular formula is C26H34O4. The lowest BCUT2D eigenvalue weighted by atomic mass is 10.0. The lowest BCUT2D eigenvalue weighted by Crippen LogP contribution is -2.21. The Morgan fingerprint density at radius 1 is 0.833 bits per heavy atom. The first-order valence-electron chi connectivity index (χ1n) is 11.1. The van der Waals surface area contributed by atoms with Crippen molar-refractivity contribution >= 4 is 11.9 Å². The molecule has 0 saturated carbocycles. The van der Waals surface area contributed by atoms with Crippen molar-refractivity contribution in [1.82, 2.24) is 0 Å². The molecule has 0 bridgehead atoms. The largest absolute Gasteiger partial charge is 0.481 e. The summed E-state index contributed by atoms with van der Waals surface area (Å²) >= 11 is 0. The van der Waals surface area contributed by atoms with Crippen molar-refractivity contribution in [3.05, 3.63) is 70.8 Å². The molecule has 1 N–H and O–H groups in total. The molecule has 1 atom stereocenters. The van der Waals surface area contributed by atoms with E-state index in [1.807, 2.05) is 12.1 Å². The van der Waals surface area contributed by atoms with Crippen LogP contribution in [0, 0.1) is 0 Å². The maximum absolute atomic E-state index is 12.4. The normalized spacial score (nSPS) is 11.8. The molecule has 0 heterocycles. The van der Waals surface area contributed by atoms with Gasteiger partial charge in [-0.25, -0.2) is 0 Å². The van der Waals surface area contributed by atoms with Gasteiger partial charge in [-0.05, 0) is 54.4 Å². The second-order valence-electron chi connectivity index (χ2n) is 7.84. The second-order valence-corrected chi connectivity index (χ2v) is 7.84. The molecule has 1 unspecified atom stereocenters. The Bertz CT molecular complexity index is 778. The number of hydrogen-bond acceptors (Lipinski definition) is 3. The third-order valence-electron chi connectivity index (χ3n) is 5.30. The van der Waals surface area contributed by atoms with Crippen LogP contribution in [0.3, 0.4) is 0 Å². The van der Waals surface area contributed by atoms with Gasteiger partial charge >= 0.3 is 11.9 Å². The zero-order chi connectivity index (χ0) is 21.8. The number of ether oxygens (including phenoxy) is 1. The highest BCUT2D eigenvalue weighted by molar-refractivity contribution is 5.70. The summed E-state index contributed by atoms with van der Waals surface area (Å²) in [6.45, 7) is 4.23. The zero-order valence-electron chi connectivity index (χ0n) is 18.2. The van der Waals surface area contributed by atoms with E-state index >= 15 is 0 Å². The molecule has 0 aliphatic heterocycles. The zero-order valence-corrected chi connectivity index (χ0v) is 18.2. The van der Waals surface area contributed by atoms with E-state index in [9.17, 15) is 9.59 Å². The number of rotatable bonds is 13. The number of esters is 1. The molecule has 0 aliphatic rings. The number of carbonyl (C=O) groups excluding carboxylic acids is 1. The summed E-state index contributed by atoms with van der Waals surface area (Å²) in [6.07, 6.45) is 6.12. The monoisotopic (exact) mass is 410 g/mol. The number of hydrogen-bond donors (Lipinski definition) is 1. The summed E-state index contributed by atoms with van der Waals surface area (Å²) in [5.41, 5.74) is 4.74. The van der Waals surface area contributed by atoms with E-state index in [2.05, 4.69) is 50.2 Å². The molecule has 162 valence electrons. The molecular weight excluding hydrogens is 376 g/mol. The average molecular weight is 411 g/mol. The van der Waals surface area contributed by atoms with E-state index < -0.39 is 5.97 Å². The molecule has 0 amide bonds. The Labute approximate surface area is 180 Å². The van der Waals surface area contributed by atoms with Crippen molar-refractivity contribution in [2.24, 2.45) is 0 Å². The molecule has 4 nitrogen and oxygen atoms in total. The van der Waals surface area contributed by atoms with Gasteiger partial charge in [0.1, 0.15) is 6.10 Å². The van der Waals surface area contributed by atoms with Gasteiger partial charge in [-0.1, -0.05) is 68.8 Å². The van der Waals surface area contributed by atoms with E-state index in [4.69, 9.17) is 9.84 Å². The van der Waals surface area contributed by atoms with Crippen LogP contribution in [-0.2, 0) is 40.0 Å². The van der Waals surface area contributed by atoms with Gasteiger partial charge in [0, 0.05) is 19.3 Å². The third-order valence-corrected chi connectivity index (χ3v) is 5.30. The van der Waals surface area contributed by atoms with Gasteiger partial charge in [0.05, 0.1) is 0 Å². The minimum Gasteiger partial charge on any atom is -0.481 e. The molecule has 0 aromatic heterocycles. The van der Waals surface area contributed by atoms with Crippen molar-refractivity contribution in [2.75, 3.05) is 0 Å². The van der Waals surface area contributed by atoms with Crippen molar-refractivity contribution in [3.8, 4) is 0 Å². The van der Waals surface area contributed by atoms with E-state index in [1.54, 1.807) is 0 Å². The Morgan fingerprint density at radius 3 is 1.97 bits per heavy atom. The number of carboxylic acid groups (broad SMARTS) is 1. The average Bonchev–Trinajstić information content (AvgIpc) is 2.74. The predicted molar refractivity (Wildman–Crippen MR) is 120 cm³/mol. The van der Waals surface area contributed by atoms with Crippen LogP contribution in [0.4, 0.5) is 0 Å². The molecule has 0 spiro atoms. The van der Waals surface area contributed by atoms with Crippen LogP contribution in [-0.4, -0.2) is 23.1 Å². The van der Waals surface area contributed by atoms with Gasteiger partial charge in [0.2, 0.25) is 0 Å². The fourth-order valence-electron chi connectivity index (χ4n) is 3.51. The predicted octanol–water partition coefficient (Wildman–Crippen LogP) is 5.54. The first-order valence-corrected chi connectivity index (χ1v) is 11.1. The first-order chi connectivity index (χ1) is 14.5. The van der Waals surface area contributed by atoms with E-state index in [-0.39, 0.29) is 18.5 Å². The van der Waals surface area contributed by atoms with Gasteiger partial charge in [0.15, 0.2) is 0 Å². The van der Waals surface area contributed by atoms with E-state index in [0.29, 0.717) is 25.7 Å². The van der Waals surface area contributed by atoms with Gasteiger partial charge in [-0.2, -0.15) is 0 Å². The van der Waals surface area contributed by atoms with Crippen molar-refractivity contribution in [3.63, 3.8) is 0 Å². The highest BCUT2D eigenvalue weighted by Gasteiger charge is 2.15. The lowest BCUT2D eigenvalue weighted by molar-refractivity contribution is -0.149. The van der Waals surface area contributed by atoms with Crippen molar-refractivity contribution in [1.29, 1.82) is 0 Å². The molecule has 30 heavy (non-hydrogen) atoms. The summed E-state index contributed by atoms with van der Waals surface area (Å²) in [7, 11) is 0. The Hall–Kier alpha value is -2.62. The molecule has 2 rings (SSSR count). The molecule has 0 saturated heterocycles. The fourth-order valence-corrected chi connectivity index (χ4v) is 3.51. The molecule has 4 heteroatoms. The Morgan fingerprint density at radius 2 is 1.40 bits per heavy atom. The number of aliphatic carboxylic acids is 1. The number of carboxylic acids is 1. The first kappa shape index (κ1) is 23.7. The van der Waals surface area contributed by atoms with Gasteiger partial charge in [-0.3, -0.25) is 9.59 Å². The standard InChI is InChI=1S/C26H34O4/c1-3-6-24(19-23-15-13-21(14-16-23)7-5-8-25(27)28)30-26(29)18-17-22-11-9-20(4-2)10-12-22/h9-16,24H,3-8,17-19H2,1-2H3,(H,27,28). The Kier molecular flexibility index (Phi) is 10.1. The minimum absolute atomic E-state index is 0.108. The maximum Gasteiger partial charge on any atom is 0.306 e. The lowest BCUT2D eigenvalue weighted by Gasteiger charge is -2.18. The van der Waals surface area contributed by atoms with Crippen molar-refractivity contribution < 1.29 is 19.4 Å². The fraction of sp³-hybridized carbons (Fsp3) is 0.462. The van der Waals surface area contributed by atoms with Crippen LogP contribution < -0.4 is 0 Å². The SMILES string of the molecule is CCCC(Cc1ccc(CCCC(=O)O)cc1)OC(=O)CCc1ccc(CC)cc1. The van der Waals surface area contributed by atoms with Crippen LogP contribution in [0.2, 0.25) is 0 Å². The van der Waals surface area contributed by atoms with Crippen molar-refractivity contribution in [2.45, 2.75) is 77.7 Å². The van der Waals surface area contributed by atoms with Crippen LogP contribution in [0.15, 0.2) is 48.5 Å². The number of aryl methyl sites for hydroxylation is 3. The van der Waals surface area contributed by atoms with Gasteiger partial charge in [-0.15, -0.1) is 0 Å². The van der Waals surface area contributed by atoms with E-state index in [0.717, 1.165) is 42.4 Å². The molecule has 2 aromatic rings. The minimum atomic E-state index is -0.756. The molecule has 0 radical (unpaired) electrons. The topological polar surface area (TPSA) is 63.6 Å². The third kappa shape index (κ3) is 8.81. The Balaban J connectivity index is 1.82. The van der Waals surface area contributed by atoms with Crippen LogP contribution >= 0.6 is 0 Å². The molecule has 0 aliphatic carbocycles. The summed E-state index contributed by atoms with van der Waals surface area (Å²) in [5.74, 6) is -0.896. The second kappa shape index (κ2) is 12.8. The van der Waals surface area contributed by atoms with Crippen LogP contribution in [0.5, 0.6) is 0 Å². The quantitative estimate of drug-likeness (QED) is 0.440. The summed E-state index contributed by atoms with van der Waals surface area (Å²) in [4.78, 5) is 23.0. The highest BCUT2D eigenvalue weighted by Crippen LogP contribution is 2.15. The number of carbonyl (C=O) groups is 2. The maximum atomic E-state index is 12.4. The summed E-state index contributed by atoms with van der Waals surface area (Å²) in [5, 5.41) is 8.74. The van der Waals surface area contributed by atoms with Crippen LogP contribution in [0.25, 0.3) is 0 Å². The summed E-state index contributed by atoms with van der Waals surface area (Å²) in [6, 6.07) is 16.6. The number of benzene rings is 2. The van der Waals surface area contributed by atoms with Gasteiger partial charge in [0.25, 0.3) is 0 Å². The highest BCUT2D eigenvalue weighted by atomic mass is 16.5. The molecule has 0 fully saturated rings. The van der Waals surface area contributed by atoms with Crippen LogP contribution in [0.1, 0.15) is 68.2 Å². The van der Waals surface area contributed by atoms with E-state index in [1.165, 1.54) is 5.56 Å². The van der Waals surface area contributed by atoms with Gasteiger partial charge < -0.3 is 9.84 Å².